The first kappa shape index (κ1) is 60.4. The number of carbonyl (C=O) groups excluding carboxylic acids is 4. The number of hydrogen-bond acceptors (Lipinski definition) is 16. The fraction of sp³-hybridized carbons (Fsp3) is 0.907. The van der Waals surface area contributed by atoms with E-state index in [2.05, 4.69) is 55.0 Å². The van der Waals surface area contributed by atoms with Gasteiger partial charge in [-0.1, -0.05) is 0 Å². The summed E-state index contributed by atoms with van der Waals surface area (Å²) < 4.78 is 41.2. The number of ether oxygens (including phenoxy) is 8. The highest BCUT2D eigenvalue weighted by Gasteiger charge is 2.13. The maximum Gasteiger partial charge on any atom is 0.246 e. The number of rotatable bonds is 48. The van der Waals surface area contributed by atoms with Gasteiger partial charge in [-0.05, 0) is 124 Å². The summed E-state index contributed by atoms with van der Waals surface area (Å²) in [6, 6.07) is 0. The minimum atomic E-state index is -0.141. The van der Waals surface area contributed by atoms with Crippen LogP contribution in [-0.4, -0.2) is 257 Å². The Morgan fingerprint density at radius 1 is 0.333 bits per heavy atom. The predicted octanol–water partition coefficient (Wildman–Crippen LogP) is -0.699. The molecule has 0 rings (SSSR count). The number of carbonyl (C=O) groups is 4. The molecule has 0 atom stereocenters. The average Bonchev–Trinajstić information content (AvgIpc) is 3.26. The van der Waals surface area contributed by atoms with Gasteiger partial charge in [-0.15, -0.1) is 0 Å². The van der Waals surface area contributed by atoms with Gasteiger partial charge in [0.1, 0.15) is 26.4 Å². The molecule has 0 bridgehead atoms. The molecule has 4 N–H and O–H groups in total. The molecular weight excluding hydrogens is 821 g/mol. The van der Waals surface area contributed by atoms with Gasteiger partial charge in [0.2, 0.25) is 23.6 Å². The Balaban J connectivity index is 5.31. The van der Waals surface area contributed by atoms with Crippen molar-refractivity contribution in [2.45, 2.75) is 44.9 Å². The molecule has 0 aliphatic heterocycles. The van der Waals surface area contributed by atoms with Gasteiger partial charge in [0, 0.05) is 54.6 Å². The molecule has 372 valence electrons. The van der Waals surface area contributed by atoms with Crippen molar-refractivity contribution >= 4 is 23.6 Å². The van der Waals surface area contributed by atoms with E-state index in [9.17, 15) is 19.2 Å². The molecule has 0 spiro atoms. The third-order valence-corrected chi connectivity index (χ3v) is 9.53. The number of methoxy groups -OCH3 is 4. The van der Waals surface area contributed by atoms with Crippen LogP contribution in [0.25, 0.3) is 0 Å². The Morgan fingerprint density at radius 3 is 0.778 bits per heavy atom. The molecule has 20 heteroatoms. The van der Waals surface area contributed by atoms with Crippen LogP contribution in [0.4, 0.5) is 0 Å². The monoisotopic (exact) mass is 909 g/mol. The van der Waals surface area contributed by atoms with Gasteiger partial charge in [0.15, 0.2) is 0 Å². The Morgan fingerprint density at radius 2 is 0.556 bits per heavy atom. The maximum atomic E-state index is 12.2. The topological polar surface area (TPSA) is 203 Å². The van der Waals surface area contributed by atoms with Gasteiger partial charge in [-0.2, -0.15) is 0 Å². The molecule has 0 saturated heterocycles. The molecule has 0 fully saturated rings. The highest BCUT2D eigenvalue weighted by Crippen LogP contribution is 2.04. The number of amides is 4. The maximum absolute atomic E-state index is 12.2. The molecule has 4 amide bonds. The van der Waals surface area contributed by atoms with Crippen LogP contribution in [0.5, 0.6) is 0 Å². The first-order valence-corrected chi connectivity index (χ1v) is 22.8. The highest BCUT2D eigenvalue weighted by atomic mass is 16.5. The van der Waals surface area contributed by atoms with Crippen LogP contribution in [0.15, 0.2) is 0 Å². The molecule has 0 radical (unpaired) electrons. The van der Waals surface area contributed by atoms with E-state index in [0.717, 1.165) is 110 Å². The summed E-state index contributed by atoms with van der Waals surface area (Å²) in [4.78, 5) is 58.5. The molecule has 20 nitrogen and oxygen atoms in total. The fourth-order valence-electron chi connectivity index (χ4n) is 6.21. The van der Waals surface area contributed by atoms with Gasteiger partial charge in [0.25, 0.3) is 0 Å². The summed E-state index contributed by atoms with van der Waals surface area (Å²) in [6.45, 7) is 14.5. The van der Waals surface area contributed by atoms with E-state index in [1.807, 2.05) is 0 Å². The third kappa shape index (κ3) is 43.1. The molecule has 0 aromatic carbocycles. The SMILES string of the molecule is COCCOCC(=O)NCCCN(CCCNC(=O)COCCOC)CCCN(CCCN(C)C)CCCN(CCCNC(=O)COCCOC)CCCNC(=O)COCCOC. The smallest absolute Gasteiger partial charge is 0.246 e. The van der Waals surface area contributed by atoms with Crippen LogP contribution >= 0.6 is 0 Å². The van der Waals surface area contributed by atoms with Crippen molar-refractivity contribution in [3.63, 3.8) is 0 Å². The normalized spacial score (nSPS) is 11.6. The predicted molar refractivity (Wildman–Crippen MR) is 243 cm³/mol. The second-order valence-electron chi connectivity index (χ2n) is 15.4. The van der Waals surface area contributed by atoms with Crippen LogP contribution in [0.3, 0.4) is 0 Å². The van der Waals surface area contributed by atoms with Crippen molar-refractivity contribution in [2.75, 3.05) is 213 Å². The van der Waals surface area contributed by atoms with Crippen LogP contribution < -0.4 is 21.3 Å². The highest BCUT2D eigenvalue weighted by molar-refractivity contribution is 5.78. The summed E-state index contributed by atoms with van der Waals surface area (Å²) in [5, 5.41) is 11.8. The lowest BCUT2D eigenvalue weighted by atomic mass is 10.2. The van der Waals surface area contributed by atoms with E-state index < -0.39 is 0 Å². The minimum absolute atomic E-state index is 0.0114. The van der Waals surface area contributed by atoms with Crippen molar-refractivity contribution in [1.82, 2.24) is 40.9 Å². The summed E-state index contributed by atoms with van der Waals surface area (Å²) in [6.07, 6.45) is 6.21. The second-order valence-corrected chi connectivity index (χ2v) is 15.4. The van der Waals surface area contributed by atoms with Crippen LogP contribution in [0, 0.1) is 0 Å². The molecule has 0 aliphatic rings. The third-order valence-electron chi connectivity index (χ3n) is 9.53. The lowest BCUT2D eigenvalue weighted by molar-refractivity contribution is -0.126. The lowest BCUT2D eigenvalue weighted by Gasteiger charge is -2.28. The fourth-order valence-corrected chi connectivity index (χ4v) is 6.21. The average molecular weight is 909 g/mol. The zero-order valence-corrected chi connectivity index (χ0v) is 40.0. The number of nitrogens with zero attached hydrogens (tertiary/aromatic N) is 4. The van der Waals surface area contributed by atoms with E-state index >= 15 is 0 Å². The van der Waals surface area contributed by atoms with Gasteiger partial charge >= 0.3 is 0 Å². The van der Waals surface area contributed by atoms with Crippen molar-refractivity contribution in [3.8, 4) is 0 Å². The van der Waals surface area contributed by atoms with Gasteiger partial charge in [-0.25, -0.2) is 0 Å². The summed E-state index contributed by atoms with van der Waals surface area (Å²) in [7, 11) is 10.6. The van der Waals surface area contributed by atoms with E-state index in [0.29, 0.717) is 79.0 Å². The Bertz CT molecular complexity index is 947. The van der Waals surface area contributed by atoms with Crippen LogP contribution in [0.1, 0.15) is 44.9 Å². The summed E-state index contributed by atoms with van der Waals surface area (Å²) >= 11 is 0. The molecule has 0 aromatic rings. The first-order chi connectivity index (χ1) is 30.6. The Labute approximate surface area is 379 Å². The number of hydrogen-bond donors (Lipinski definition) is 4. The van der Waals surface area contributed by atoms with Crippen LogP contribution in [0.2, 0.25) is 0 Å². The van der Waals surface area contributed by atoms with Crippen molar-refractivity contribution in [2.24, 2.45) is 0 Å². The van der Waals surface area contributed by atoms with Gasteiger partial charge in [0.05, 0.1) is 52.9 Å². The largest absolute Gasteiger partial charge is 0.382 e. The summed E-state index contributed by atoms with van der Waals surface area (Å²) in [5.74, 6) is -0.564. The van der Waals surface area contributed by atoms with Crippen LogP contribution in [-0.2, 0) is 57.1 Å². The first-order valence-electron chi connectivity index (χ1n) is 22.8. The minimum Gasteiger partial charge on any atom is -0.382 e. The zero-order chi connectivity index (χ0) is 46.4. The standard InChI is InChI=1S/C43H88N8O12/c1-48(2)18-11-23-51(26-12-24-49(19-7-14-44-40(52)36-60-32-28-56-3)20-8-15-45-41(53)37-61-33-29-57-4)27-13-25-50(21-9-16-46-42(54)38-62-34-30-58-5)22-10-17-47-43(55)39-63-35-31-59-6/h7-39H2,1-6H3,(H,44,52)(H,45,53)(H,46,54)(H,47,55). The van der Waals surface area contributed by atoms with E-state index in [4.69, 9.17) is 37.9 Å². The Kier molecular flexibility index (Phi) is 44.1. The lowest BCUT2D eigenvalue weighted by Crippen LogP contribution is -2.37. The molecule has 0 saturated carbocycles. The Hall–Kier alpha value is -2.60. The van der Waals surface area contributed by atoms with E-state index in [1.54, 1.807) is 28.4 Å². The second kappa shape index (κ2) is 45.9. The quantitative estimate of drug-likeness (QED) is 0.0558. The van der Waals surface area contributed by atoms with Crippen molar-refractivity contribution in [3.05, 3.63) is 0 Å². The van der Waals surface area contributed by atoms with E-state index in [-0.39, 0.29) is 50.1 Å². The summed E-state index contributed by atoms with van der Waals surface area (Å²) in [5.41, 5.74) is 0. The molecule has 0 heterocycles. The van der Waals surface area contributed by atoms with Gasteiger partial charge in [-0.3, -0.25) is 19.2 Å². The molecule has 0 aliphatic carbocycles. The van der Waals surface area contributed by atoms with E-state index in [1.165, 1.54) is 0 Å². The van der Waals surface area contributed by atoms with Gasteiger partial charge < -0.3 is 78.8 Å². The molecule has 0 unspecified atom stereocenters. The molecular formula is C43H88N8O12. The molecule has 63 heavy (non-hydrogen) atoms. The zero-order valence-electron chi connectivity index (χ0n) is 40.0. The molecule has 0 aromatic heterocycles. The van der Waals surface area contributed by atoms with Crippen molar-refractivity contribution < 1.29 is 57.1 Å². The van der Waals surface area contributed by atoms with Crippen molar-refractivity contribution in [1.29, 1.82) is 0 Å². The number of nitrogens with one attached hydrogen (secondary N) is 4.